The lowest BCUT2D eigenvalue weighted by Gasteiger charge is -2.25. The number of nitrogens with zero attached hydrogens (tertiary/aromatic N) is 2. The Labute approximate surface area is 144 Å². The van der Waals surface area contributed by atoms with Crippen LogP contribution >= 0.6 is 0 Å². The third kappa shape index (κ3) is 3.31. The van der Waals surface area contributed by atoms with Gasteiger partial charge in [0.05, 0.1) is 5.92 Å². The third-order valence-electron chi connectivity index (χ3n) is 5.03. The number of carbonyl (C=O) groups is 2. The van der Waals surface area contributed by atoms with Crippen molar-refractivity contribution in [3.05, 3.63) is 28.8 Å². The fourth-order valence-corrected chi connectivity index (χ4v) is 4.01. The number of nitrogens with one attached hydrogen (secondary N) is 1. The van der Waals surface area contributed by atoms with Crippen LogP contribution in [-0.4, -0.2) is 49.4 Å². The topological polar surface area (TPSA) is 52.7 Å². The number of hydrogen-bond donors (Lipinski definition) is 1. The first-order valence-electron chi connectivity index (χ1n) is 8.85. The molecular weight excluding hydrogens is 302 g/mol. The lowest BCUT2D eigenvalue weighted by Crippen LogP contribution is -2.39. The number of anilines is 1. The molecule has 0 bridgehead atoms. The third-order valence-corrected chi connectivity index (χ3v) is 5.03. The molecule has 0 aromatic heterocycles. The highest BCUT2D eigenvalue weighted by Gasteiger charge is 2.38. The molecule has 1 aromatic carbocycles. The van der Waals surface area contributed by atoms with Crippen molar-refractivity contribution in [1.29, 1.82) is 0 Å². The maximum absolute atomic E-state index is 12.8. The highest BCUT2D eigenvalue weighted by Crippen LogP contribution is 2.32. The van der Waals surface area contributed by atoms with Crippen molar-refractivity contribution in [3.8, 4) is 0 Å². The second kappa shape index (κ2) is 6.93. The fraction of sp³-hybridized carbons (Fsp3) is 0.579. The van der Waals surface area contributed by atoms with Crippen LogP contribution in [0.5, 0.6) is 0 Å². The molecule has 1 aromatic rings. The van der Waals surface area contributed by atoms with Gasteiger partial charge in [-0.3, -0.25) is 9.59 Å². The molecule has 24 heavy (non-hydrogen) atoms. The van der Waals surface area contributed by atoms with Gasteiger partial charge >= 0.3 is 0 Å². The first-order valence-corrected chi connectivity index (χ1v) is 8.85. The van der Waals surface area contributed by atoms with Crippen molar-refractivity contribution in [2.75, 3.05) is 37.6 Å². The molecular formula is C19H27N3O2. The van der Waals surface area contributed by atoms with Crippen LogP contribution in [0.4, 0.5) is 5.69 Å². The Balaban J connectivity index is 1.77. The summed E-state index contributed by atoms with van der Waals surface area (Å²) in [6.45, 7) is 9.98. The summed E-state index contributed by atoms with van der Waals surface area (Å²) in [5, 5.41) is 3.32. The summed E-state index contributed by atoms with van der Waals surface area (Å²) in [4.78, 5) is 29.1. The van der Waals surface area contributed by atoms with Crippen LogP contribution in [0.3, 0.4) is 0 Å². The minimum atomic E-state index is -0.212. The molecule has 2 aliphatic heterocycles. The number of aryl methyl sites for hydroxylation is 3. The monoisotopic (exact) mass is 329 g/mol. The summed E-state index contributed by atoms with van der Waals surface area (Å²) < 4.78 is 0. The summed E-state index contributed by atoms with van der Waals surface area (Å²) in [6.07, 6.45) is 1.31. The molecule has 2 heterocycles. The maximum Gasteiger partial charge on any atom is 0.228 e. The quantitative estimate of drug-likeness (QED) is 0.900. The molecule has 130 valence electrons. The van der Waals surface area contributed by atoms with Crippen LogP contribution in [0, 0.1) is 26.7 Å². The van der Waals surface area contributed by atoms with E-state index in [1.165, 1.54) is 5.56 Å². The largest absolute Gasteiger partial charge is 0.341 e. The zero-order chi connectivity index (χ0) is 17.3. The van der Waals surface area contributed by atoms with Crippen LogP contribution in [0.1, 0.15) is 29.5 Å². The van der Waals surface area contributed by atoms with E-state index in [2.05, 4.69) is 24.4 Å². The summed E-state index contributed by atoms with van der Waals surface area (Å²) in [5.74, 6) is -0.0102. The first kappa shape index (κ1) is 17.0. The van der Waals surface area contributed by atoms with Gasteiger partial charge < -0.3 is 15.1 Å². The number of benzene rings is 1. The van der Waals surface area contributed by atoms with Gasteiger partial charge in [-0.15, -0.1) is 0 Å². The summed E-state index contributed by atoms with van der Waals surface area (Å²) in [5.41, 5.74) is 4.39. The Hall–Kier alpha value is -1.88. The van der Waals surface area contributed by atoms with Crippen molar-refractivity contribution >= 4 is 17.5 Å². The van der Waals surface area contributed by atoms with E-state index in [-0.39, 0.29) is 17.7 Å². The zero-order valence-electron chi connectivity index (χ0n) is 14.9. The van der Waals surface area contributed by atoms with Crippen LogP contribution in [-0.2, 0) is 9.59 Å². The van der Waals surface area contributed by atoms with Crippen LogP contribution in [0.25, 0.3) is 0 Å². The Bertz CT molecular complexity index is 625. The molecule has 1 atom stereocenters. The lowest BCUT2D eigenvalue weighted by atomic mass is 10.0. The number of carbonyl (C=O) groups excluding carboxylic acids is 2. The van der Waals surface area contributed by atoms with Gasteiger partial charge in [-0.25, -0.2) is 0 Å². The summed E-state index contributed by atoms with van der Waals surface area (Å²) in [6, 6.07) is 4.20. The molecule has 2 aliphatic rings. The van der Waals surface area contributed by atoms with Gasteiger partial charge in [-0.2, -0.15) is 0 Å². The second-order valence-electron chi connectivity index (χ2n) is 7.08. The van der Waals surface area contributed by atoms with E-state index in [0.717, 1.165) is 49.4 Å². The smallest absolute Gasteiger partial charge is 0.228 e. The van der Waals surface area contributed by atoms with Gasteiger partial charge in [0, 0.05) is 38.3 Å². The van der Waals surface area contributed by atoms with Crippen LogP contribution < -0.4 is 10.2 Å². The van der Waals surface area contributed by atoms with Gasteiger partial charge in [-0.05, 0) is 44.9 Å². The molecule has 2 saturated heterocycles. The molecule has 1 N–H and O–H groups in total. The first-order chi connectivity index (χ1) is 11.5. The van der Waals surface area contributed by atoms with E-state index in [1.54, 1.807) is 0 Å². The van der Waals surface area contributed by atoms with E-state index >= 15 is 0 Å². The van der Waals surface area contributed by atoms with Gasteiger partial charge in [0.25, 0.3) is 0 Å². The van der Waals surface area contributed by atoms with Crippen molar-refractivity contribution in [3.63, 3.8) is 0 Å². The number of amides is 2. The van der Waals surface area contributed by atoms with E-state index in [0.29, 0.717) is 13.0 Å². The predicted molar refractivity (Wildman–Crippen MR) is 95.2 cm³/mol. The fourth-order valence-electron chi connectivity index (χ4n) is 4.01. The highest BCUT2D eigenvalue weighted by atomic mass is 16.2. The molecule has 1 unspecified atom stereocenters. The molecule has 0 spiro atoms. The average molecular weight is 329 g/mol. The molecule has 2 amide bonds. The summed E-state index contributed by atoms with van der Waals surface area (Å²) >= 11 is 0. The molecule has 0 saturated carbocycles. The molecule has 3 rings (SSSR count). The standard InChI is InChI=1S/C19H27N3O2/c1-13-9-14(2)18(15(3)10-13)22-12-16(11-17(22)23)19(24)21-7-4-5-20-6-8-21/h9-10,16,20H,4-8,11-12H2,1-3H3. The van der Waals surface area contributed by atoms with Gasteiger partial charge in [0.15, 0.2) is 0 Å². The van der Waals surface area contributed by atoms with Crippen molar-refractivity contribution in [1.82, 2.24) is 10.2 Å². The van der Waals surface area contributed by atoms with Crippen LogP contribution in [0.2, 0.25) is 0 Å². The van der Waals surface area contributed by atoms with Crippen molar-refractivity contribution in [2.24, 2.45) is 5.92 Å². The molecule has 5 heteroatoms. The molecule has 5 nitrogen and oxygen atoms in total. The van der Waals surface area contributed by atoms with Gasteiger partial charge in [0.1, 0.15) is 0 Å². The van der Waals surface area contributed by atoms with Crippen molar-refractivity contribution in [2.45, 2.75) is 33.6 Å². The number of hydrogen-bond acceptors (Lipinski definition) is 3. The zero-order valence-corrected chi connectivity index (χ0v) is 14.9. The van der Waals surface area contributed by atoms with E-state index < -0.39 is 0 Å². The lowest BCUT2D eigenvalue weighted by molar-refractivity contribution is -0.135. The normalized spacial score (nSPS) is 22.0. The molecule has 0 aliphatic carbocycles. The van der Waals surface area contributed by atoms with Crippen LogP contribution in [0.15, 0.2) is 12.1 Å². The predicted octanol–water partition coefficient (Wildman–Crippen LogP) is 1.79. The Kier molecular flexibility index (Phi) is 4.90. The van der Waals surface area contributed by atoms with Crippen molar-refractivity contribution < 1.29 is 9.59 Å². The minimum absolute atomic E-state index is 0.0661. The van der Waals surface area contributed by atoms with E-state index in [4.69, 9.17) is 0 Å². The Morgan fingerprint density at radius 1 is 1.12 bits per heavy atom. The Morgan fingerprint density at radius 2 is 1.83 bits per heavy atom. The van der Waals surface area contributed by atoms with Gasteiger partial charge in [0.2, 0.25) is 11.8 Å². The van der Waals surface area contributed by atoms with Gasteiger partial charge in [-0.1, -0.05) is 17.7 Å². The Morgan fingerprint density at radius 3 is 2.54 bits per heavy atom. The van der Waals surface area contributed by atoms with E-state index in [1.807, 2.05) is 23.6 Å². The second-order valence-corrected chi connectivity index (χ2v) is 7.08. The average Bonchev–Trinajstić information content (AvgIpc) is 2.74. The number of rotatable bonds is 2. The van der Waals surface area contributed by atoms with E-state index in [9.17, 15) is 9.59 Å². The maximum atomic E-state index is 12.8. The molecule has 0 radical (unpaired) electrons. The summed E-state index contributed by atoms with van der Waals surface area (Å²) in [7, 11) is 0. The SMILES string of the molecule is Cc1cc(C)c(N2CC(C(=O)N3CCCNCC3)CC2=O)c(C)c1. The highest BCUT2D eigenvalue weighted by molar-refractivity contribution is 6.01. The molecule has 2 fully saturated rings. The minimum Gasteiger partial charge on any atom is -0.341 e.